The monoisotopic (exact) mass is 280 g/mol. The lowest BCUT2D eigenvalue weighted by atomic mass is 10.1. The zero-order valence-electron chi connectivity index (χ0n) is 9.20. The Morgan fingerprint density at radius 2 is 2.06 bits per heavy atom. The molecule has 1 aromatic rings. The van der Waals surface area contributed by atoms with Gasteiger partial charge in [-0.05, 0) is 34.0 Å². The van der Waals surface area contributed by atoms with Gasteiger partial charge in [0.1, 0.15) is 6.04 Å². The molecule has 0 aliphatic heterocycles. The molecule has 1 N–H and O–H groups in total. The van der Waals surface area contributed by atoms with Crippen LogP contribution >= 0.6 is 15.9 Å². The molecule has 0 bridgehead atoms. The first-order valence-electron chi connectivity index (χ1n) is 5.01. The van der Waals surface area contributed by atoms with Crippen molar-refractivity contribution < 1.29 is 4.79 Å². The normalized spacial score (nSPS) is 11.9. The van der Waals surface area contributed by atoms with E-state index in [0.29, 0.717) is 5.56 Å². The summed E-state index contributed by atoms with van der Waals surface area (Å²) in [4.78, 5) is 11.8. The number of rotatable bonds is 3. The maximum absolute atomic E-state index is 11.8. The second kappa shape index (κ2) is 5.66. The van der Waals surface area contributed by atoms with Crippen LogP contribution in [0.3, 0.4) is 0 Å². The molecule has 16 heavy (non-hydrogen) atoms. The molecule has 1 unspecified atom stereocenters. The highest BCUT2D eigenvalue weighted by Gasteiger charge is 2.17. The number of carbonyl (C=O) groups is 1. The number of nitrogens with one attached hydrogen (secondary N) is 1. The van der Waals surface area contributed by atoms with Crippen LogP contribution in [0.1, 0.15) is 24.2 Å². The summed E-state index contributed by atoms with van der Waals surface area (Å²) >= 11 is 3.30. The molecule has 1 amide bonds. The number of nitriles is 1. The van der Waals surface area contributed by atoms with Crippen LogP contribution in [0.5, 0.6) is 0 Å². The molecule has 0 spiro atoms. The van der Waals surface area contributed by atoms with Gasteiger partial charge in [-0.1, -0.05) is 26.0 Å². The van der Waals surface area contributed by atoms with Gasteiger partial charge in [-0.15, -0.1) is 0 Å². The number of hydrogen-bond acceptors (Lipinski definition) is 2. The Hall–Kier alpha value is -1.34. The number of carbonyl (C=O) groups excluding carboxylic acids is 1. The van der Waals surface area contributed by atoms with E-state index in [9.17, 15) is 4.79 Å². The van der Waals surface area contributed by atoms with Crippen LogP contribution in [0.15, 0.2) is 28.7 Å². The Balaban J connectivity index is 2.81. The molecule has 0 saturated carbocycles. The molecular formula is C12H13BrN2O. The number of nitrogens with zero attached hydrogens (tertiary/aromatic N) is 1. The molecule has 4 heteroatoms. The largest absolute Gasteiger partial charge is 0.336 e. The van der Waals surface area contributed by atoms with Crippen LogP contribution in [0.4, 0.5) is 0 Å². The summed E-state index contributed by atoms with van der Waals surface area (Å²) in [7, 11) is 0. The van der Waals surface area contributed by atoms with Crippen molar-refractivity contribution in [3.05, 3.63) is 34.3 Å². The van der Waals surface area contributed by atoms with Crippen LogP contribution in [-0.2, 0) is 0 Å². The first-order chi connectivity index (χ1) is 7.56. The predicted molar refractivity (Wildman–Crippen MR) is 65.8 cm³/mol. The Kier molecular flexibility index (Phi) is 4.51. The van der Waals surface area contributed by atoms with Crippen molar-refractivity contribution in [1.29, 1.82) is 5.26 Å². The minimum absolute atomic E-state index is 0.0939. The van der Waals surface area contributed by atoms with E-state index < -0.39 is 6.04 Å². The number of amides is 1. The molecule has 0 aromatic heterocycles. The Bertz CT molecular complexity index is 423. The van der Waals surface area contributed by atoms with Crippen molar-refractivity contribution in [2.75, 3.05) is 0 Å². The van der Waals surface area contributed by atoms with E-state index in [1.807, 2.05) is 19.9 Å². The third kappa shape index (κ3) is 3.07. The summed E-state index contributed by atoms with van der Waals surface area (Å²) in [5.74, 6) is -0.135. The highest BCUT2D eigenvalue weighted by molar-refractivity contribution is 9.10. The van der Waals surface area contributed by atoms with E-state index in [1.54, 1.807) is 18.2 Å². The minimum atomic E-state index is -0.459. The van der Waals surface area contributed by atoms with Crippen LogP contribution in [0.2, 0.25) is 0 Å². The van der Waals surface area contributed by atoms with Gasteiger partial charge in [-0.25, -0.2) is 0 Å². The molecule has 1 rings (SSSR count). The highest BCUT2D eigenvalue weighted by atomic mass is 79.9. The smallest absolute Gasteiger partial charge is 0.253 e. The molecule has 3 nitrogen and oxygen atoms in total. The van der Waals surface area contributed by atoms with Gasteiger partial charge in [0.05, 0.1) is 11.6 Å². The SMILES string of the molecule is CC(C)C(C#N)NC(=O)c1ccccc1Br. The third-order valence-corrected chi connectivity index (χ3v) is 2.90. The first-order valence-corrected chi connectivity index (χ1v) is 5.80. The number of hydrogen-bond donors (Lipinski definition) is 1. The number of halogens is 1. The molecule has 0 heterocycles. The third-order valence-electron chi connectivity index (χ3n) is 2.21. The van der Waals surface area contributed by atoms with Gasteiger partial charge in [0.2, 0.25) is 0 Å². The van der Waals surface area contributed by atoms with Gasteiger partial charge < -0.3 is 5.32 Å². The van der Waals surface area contributed by atoms with Gasteiger partial charge in [-0.3, -0.25) is 4.79 Å². The minimum Gasteiger partial charge on any atom is -0.336 e. The van der Waals surface area contributed by atoms with E-state index in [4.69, 9.17) is 5.26 Å². The summed E-state index contributed by atoms with van der Waals surface area (Å²) in [5, 5.41) is 11.6. The Morgan fingerprint density at radius 1 is 1.44 bits per heavy atom. The van der Waals surface area contributed by atoms with Crippen molar-refractivity contribution in [2.45, 2.75) is 19.9 Å². The van der Waals surface area contributed by atoms with Gasteiger partial charge in [0, 0.05) is 4.47 Å². The summed E-state index contributed by atoms with van der Waals surface area (Å²) < 4.78 is 0.730. The fraction of sp³-hybridized carbons (Fsp3) is 0.333. The fourth-order valence-electron chi connectivity index (χ4n) is 1.21. The summed E-state index contributed by atoms with van der Waals surface area (Å²) in [6.45, 7) is 3.79. The van der Waals surface area contributed by atoms with Gasteiger partial charge in [0.25, 0.3) is 5.91 Å². The van der Waals surface area contributed by atoms with Crippen molar-refractivity contribution in [3.8, 4) is 6.07 Å². The van der Waals surface area contributed by atoms with Crippen LogP contribution in [0.25, 0.3) is 0 Å². The van der Waals surface area contributed by atoms with Crippen LogP contribution < -0.4 is 5.32 Å². The highest BCUT2D eigenvalue weighted by Crippen LogP contribution is 2.16. The average molecular weight is 281 g/mol. The van der Waals surface area contributed by atoms with E-state index >= 15 is 0 Å². The molecular weight excluding hydrogens is 268 g/mol. The average Bonchev–Trinajstić information content (AvgIpc) is 2.25. The second-order valence-electron chi connectivity index (χ2n) is 3.80. The van der Waals surface area contributed by atoms with Crippen LogP contribution in [-0.4, -0.2) is 11.9 Å². The molecule has 0 fully saturated rings. The van der Waals surface area contributed by atoms with Gasteiger partial charge >= 0.3 is 0 Å². The standard InChI is InChI=1S/C12H13BrN2O/c1-8(2)11(7-14)15-12(16)9-5-3-4-6-10(9)13/h3-6,8,11H,1-2H3,(H,15,16). The number of benzene rings is 1. The van der Waals surface area contributed by atoms with E-state index in [2.05, 4.69) is 27.3 Å². The predicted octanol–water partition coefficient (Wildman–Crippen LogP) is 2.73. The summed E-state index contributed by atoms with van der Waals surface area (Å²) in [6, 6.07) is 8.76. The molecule has 0 saturated heterocycles. The topological polar surface area (TPSA) is 52.9 Å². The lowest BCUT2D eigenvalue weighted by molar-refractivity contribution is 0.0937. The fourth-order valence-corrected chi connectivity index (χ4v) is 1.68. The van der Waals surface area contributed by atoms with E-state index in [1.165, 1.54) is 0 Å². The zero-order valence-corrected chi connectivity index (χ0v) is 10.8. The lowest BCUT2D eigenvalue weighted by Gasteiger charge is -2.15. The zero-order chi connectivity index (χ0) is 12.1. The molecule has 1 aromatic carbocycles. The maximum Gasteiger partial charge on any atom is 0.253 e. The first kappa shape index (κ1) is 12.7. The summed E-state index contributed by atoms with van der Waals surface area (Å²) in [5.41, 5.74) is 0.545. The van der Waals surface area contributed by atoms with Crippen molar-refractivity contribution in [1.82, 2.24) is 5.32 Å². The van der Waals surface area contributed by atoms with Crippen molar-refractivity contribution in [3.63, 3.8) is 0 Å². The maximum atomic E-state index is 11.8. The van der Waals surface area contributed by atoms with Gasteiger partial charge in [-0.2, -0.15) is 5.26 Å². The van der Waals surface area contributed by atoms with Crippen molar-refractivity contribution in [2.24, 2.45) is 5.92 Å². The van der Waals surface area contributed by atoms with E-state index in [-0.39, 0.29) is 11.8 Å². The second-order valence-corrected chi connectivity index (χ2v) is 4.66. The van der Waals surface area contributed by atoms with Gasteiger partial charge in [0.15, 0.2) is 0 Å². The molecule has 0 aliphatic carbocycles. The quantitative estimate of drug-likeness (QED) is 0.926. The molecule has 1 atom stereocenters. The Morgan fingerprint density at radius 3 is 2.56 bits per heavy atom. The Labute approximate surface area is 104 Å². The van der Waals surface area contributed by atoms with E-state index in [0.717, 1.165) is 4.47 Å². The summed E-state index contributed by atoms with van der Waals surface area (Å²) in [6.07, 6.45) is 0. The van der Waals surface area contributed by atoms with Crippen LogP contribution in [0, 0.1) is 17.2 Å². The molecule has 0 radical (unpaired) electrons. The van der Waals surface area contributed by atoms with Crippen molar-refractivity contribution >= 4 is 21.8 Å². The lowest BCUT2D eigenvalue weighted by Crippen LogP contribution is -2.37. The molecule has 84 valence electrons. The molecule has 0 aliphatic rings.